The van der Waals surface area contributed by atoms with E-state index in [1.165, 1.54) is 12.1 Å². The topological polar surface area (TPSA) is 69.6 Å². The number of nitrogens with one attached hydrogen (secondary N) is 1. The fourth-order valence-corrected chi connectivity index (χ4v) is 2.43. The third-order valence-electron chi connectivity index (χ3n) is 3.55. The molecule has 4 nitrogen and oxygen atoms in total. The van der Waals surface area contributed by atoms with E-state index in [0.717, 1.165) is 11.1 Å². The van der Waals surface area contributed by atoms with Gasteiger partial charge in [0.1, 0.15) is 5.75 Å². The molecule has 0 fully saturated rings. The van der Waals surface area contributed by atoms with Crippen LogP contribution in [0.1, 0.15) is 40.1 Å². The predicted octanol–water partition coefficient (Wildman–Crippen LogP) is 2.86. The Morgan fingerprint density at radius 1 is 1.05 bits per heavy atom. The van der Waals surface area contributed by atoms with Crippen LogP contribution in [0.3, 0.4) is 0 Å². The molecule has 22 heavy (non-hydrogen) atoms. The van der Waals surface area contributed by atoms with Crippen LogP contribution in [0.4, 0.5) is 0 Å². The lowest BCUT2D eigenvalue weighted by molar-refractivity contribution is 0.0852. The zero-order valence-electron chi connectivity index (χ0n) is 13.0. The van der Waals surface area contributed by atoms with Crippen LogP contribution in [0.2, 0.25) is 0 Å². The zero-order valence-corrected chi connectivity index (χ0v) is 13.0. The fourth-order valence-electron chi connectivity index (χ4n) is 2.43. The van der Waals surface area contributed by atoms with E-state index in [9.17, 15) is 15.0 Å². The normalized spacial score (nSPS) is 13.5. The van der Waals surface area contributed by atoms with Crippen LogP contribution in [0.15, 0.2) is 42.5 Å². The highest BCUT2D eigenvalue weighted by atomic mass is 16.3. The number of hydrogen-bond donors (Lipinski definition) is 3. The molecule has 2 rings (SSSR count). The van der Waals surface area contributed by atoms with Gasteiger partial charge in [-0.15, -0.1) is 0 Å². The van der Waals surface area contributed by atoms with Crippen molar-refractivity contribution in [1.29, 1.82) is 0 Å². The summed E-state index contributed by atoms with van der Waals surface area (Å²) < 4.78 is 0. The van der Waals surface area contributed by atoms with Gasteiger partial charge in [-0.2, -0.15) is 0 Å². The maximum absolute atomic E-state index is 12.3. The molecule has 0 saturated carbocycles. The number of aryl methyl sites for hydroxylation is 2. The highest BCUT2D eigenvalue weighted by Gasteiger charge is 2.19. The summed E-state index contributed by atoms with van der Waals surface area (Å²) in [5.41, 5.74) is 3.28. The third kappa shape index (κ3) is 3.86. The predicted molar refractivity (Wildman–Crippen MR) is 85.9 cm³/mol. The van der Waals surface area contributed by atoms with Crippen LogP contribution >= 0.6 is 0 Å². The largest absolute Gasteiger partial charge is 0.508 e. The number of hydrogen-bond acceptors (Lipinski definition) is 3. The molecule has 0 saturated heterocycles. The van der Waals surface area contributed by atoms with Gasteiger partial charge in [-0.25, -0.2) is 0 Å². The van der Waals surface area contributed by atoms with Crippen molar-refractivity contribution < 1.29 is 15.0 Å². The smallest absolute Gasteiger partial charge is 0.251 e. The summed E-state index contributed by atoms with van der Waals surface area (Å²) in [4.78, 5) is 12.3. The van der Waals surface area contributed by atoms with E-state index in [1.807, 2.05) is 32.0 Å². The van der Waals surface area contributed by atoms with Gasteiger partial charge in [0.15, 0.2) is 0 Å². The van der Waals surface area contributed by atoms with Gasteiger partial charge >= 0.3 is 0 Å². The van der Waals surface area contributed by atoms with Crippen LogP contribution < -0.4 is 5.32 Å². The SMILES string of the molecule is Cc1cc(C)cc(C(=O)NC(C)C(O)c2ccc(O)cc2)c1. The molecule has 0 bridgehead atoms. The average Bonchev–Trinajstić information content (AvgIpc) is 2.46. The molecule has 0 aliphatic rings. The quantitative estimate of drug-likeness (QED) is 0.813. The number of carbonyl (C=O) groups is 1. The van der Waals surface area contributed by atoms with Crippen molar-refractivity contribution in [3.63, 3.8) is 0 Å². The van der Waals surface area contributed by atoms with Crippen molar-refractivity contribution in [3.8, 4) is 5.75 Å². The first-order valence-electron chi connectivity index (χ1n) is 7.23. The molecular weight excluding hydrogens is 278 g/mol. The summed E-state index contributed by atoms with van der Waals surface area (Å²) in [6.45, 7) is 5.63. The molecule has 116 valence electrons. The Morgan fingerprint density at radius 2 is 1.59 bits per heavy atom. The number of phenolic OH excluding ortho intramolecular Hbond substituents is 1. The van der Waals surface area contributed by atoms with Gasteiger partial charge in [0.25, 0.3) is 5.91 Å². The third-order valence-corrected chi connectivity index (χ3v) is 3.55. The van der Waals surface area contributed by atoms with Gasteiger partial charge in [0.05, 0.1) is 12.1 Å². The number of rotatable bonds is 4. The lowest BCUT2D eigenvalue weighted by Gasteiger charge is -2.21. The number of aromatic hydroxyl groups is 1. The van der Waals surface area contributed by atoms with E-state index in [-0.39, 0.29) is 11.7 Å². The molecule has 0 spiro atoms. The molecule has 2 unspecified atom stereocenters. The summed E-state index contributed by atoms with van der Waals surface area (Å²) in [6, 6.07) is 11.5. The van der Waals surface area contributed by atoms with Gasteiger partial charge in [-0.1, -0.05) is 29.3 Å². The van der Waals surface area contributed by atoms with E-state index in [1.54, 1.807) is 19.1 Å². The summed E-state index contributed by atoms with van der Waals surface area (Å²) in [5, 5.41) is 22.4. The van der Waals surface area contributed by atoms with Crippen LogP contribution in [-0.2, 0) is 0 Å². The summed E-state index contributed by atoms with van der Waals surface area (Å²) in [6.07, 6.45) is -0.838. The fraction of sp³-hybridized carbons (Fsp3) is 0.278. The molecule has 0 aromatic heterocycles. The summed E-state index contributed by atoms with van der Waals surface area (Å²) >= 11 is 0. The molecule has 3 N–H and O–H groups in total. The Hall–Kier alpha value is -2.33. The van der Waals surface area contributed by atoms with Crippen LogP contribution in [-0.4, -0.2) is 22.2 Å². The molecule has 0 heterocycles. The summed E-state index contributed by atoms with van der Waals surface area (Å²) in [5.74, 6) is -0.0694. The first kappa shape index (κ1) is 16.0. The minimum absolute atomic E-state index is 0.142. The second kappa shape index (κ2) is 6.62. The molecule has 0 radical (unpaired) electrons. The number of phenols is 1. The first-order chi connectivity index (χ1) is 10.4. The monoisotopic (exact) mass is 299 g/mol. The van der Waals surface area contributed by atoms with Crippen molar-refractivity contribution in [1.82, 2.24) is 5.32 Å². The number of benzene rings is 2. The number of aliphatic hydroxyl groups is 1. The van der Waals surface area contributed by atoms with Gasteiger partial charge in [-0.3, -0.25) is 4.79 Å². The van der Waals surface area contributed by atoms with E-state index >= 15 is 0 Å². The van der Waals surface area contributed by atoms with E-state index in [0.29, 0.717) is 11.1 Å². The zero-order chi connectivity index (χ0) is 16.3. The van der Waals surface area contributed by atoms with Gasteiger partial charge in [0, 0.05) is 5.56 Å². The van der Waals surface area contributed by atoms with E-state index in [4.69, 9.17) is 0 Å². The number of aliphatic hydroxyl groups excluding tert-OH is 1. The molecule has 0 aliphatic heterocycles. The summed E-state index contributed by atoms with van der Waals surface area (Å²) in [7, 11) is 0. The van der Waals surface area contributed by atoms with Gasteiger partial charge in [-0.05, 0) is 50.6 Å². The Bertz CT molecular complexity index is 644. The van der Waals surface area contributed by atoms with Crippen molar-refractivity contribution in [2.75, 3.05) is 0 Å². The standard InChI is InChI=1S/C18H21NO3/c1-11-8-12(2)10-15(9-11)18(22)19-13(3)17(21)14-4-6-16(20)7-5-14/h4-10,13,17,20-21H,1-3H3,(H,19,22). The molecule has 4 heteroatoms. The highest BCUT2D eigenvalue weighted by Crippen LogP contribution is 2.20. The minimum atomic E-state index is -0.838. The first-order valence-corrected chi connectivity index (χ1v) is 7.23. The Balaban J connectivity index is 2.08. The molecule has 2 aromatic rings. The molecule has 2 aromatic carbocycles. The average molecular weight is 299 g/mol. The highest BCUT2D eigenvalue weighted by molar-refractivity contribution is 5.94. The lowest BCUT2D eigenvalue weighted by atomic mass is 10.0. The number of carbonyl (C=O) groups excluding carboxylic acids is 1. The Labute approximate surface area is 130 Å². The van der Waals surface area contributed by atoms with E-state index < -0.39 is 12.1 Å². The van der Waals surface area contributed by atoms with Crippen molar-refractivity contribution in [2.24, 2.45) is 0 Å². The van der Waals surface area contributed by atoms with Gasteiger partial charge in [0.2, 0.25) is 0 Å². The maximum atomic E-state index is 12.3. The lowest BCUT2D eigenvalue weighted by Crippen LogP contribution is -2.37. The molecule has 1 amide bonds. The Kier molecular flexibility index (Phi) is 4.83. The molecule has 2 atom stereocenters. The van der Waals surface area contributed by atoms with E-state index in [2.05, 4.69) is 5.32 Å². The van der Waals surface area contributed by atoms with Crippen molar-refractivity contribution >= 4 is 5.91 Å². The molecule has 0 aliphatic carbocycles. The number of amides is 1. The van der Waals surface area contributed by atoms with Crippen molar-refractivity contribution in [3.05, 3.63) is 64.7 Å². The molecular formula is C18H21NO3. The maximum Gasteiger partial charge on any atom is 0.251 e. The van der Waals surface area contributed by atoms with Crippen LogP contribution in [0, 0.1) is 13.8 Å². The Morgan fingerprint density at radius 3 is 2.14 bits per heavy atom. The second-order valence-electron chi connectivity index (χ2n) is 5.67. The van der Waals surface area contributed by atoms with Crippen LogP contribution in [0.25, 0.3) is 0 Å². The van der Waals surface area contributed by atoms with Crippen LogP contribution in [0.5, 0.6) is 5.75 Å². The van der Waals surface area contributed by atoms with Gasteiger partial charge < -0.3 is 15.5 Å². The second-order valence-corrected chi connectivity index (χ2v) is 5.67. The van der Waals surface area contributed by atoms with Crippen molar-refractivity contribution in [2.45, 2.75) is 32.9 Å². The minimum Gasteiger partial charge on any atom is -0.508 e.